The molecule has 0 aliphatic heterocycles. The number of carboxylic acids is 1. The highest BCUT2D eigenvalue weighted by Crippen LogP contribution is 2.21. The Balaban J connectivity index is 1.87. The summed E-state index contributed by atoms with van der Waals surface area (Å²) in [6.07, 6.45) is 1.65. The molecule has 3 aromatic rings. The number of hydrogen-bond donors (Lipinski definition) is 1. The minimum Gasteiger partial charge on any atom is -0.481 e. The van der Waals surface area contributed by atoms with Crippen LogP contribution < -0.4 is 5.56 Å². The van der Waals surface area contributed by atoms with Crippen molar-refractivity contribution in [2.75, 3.05) is 5.75 Å². The van der Waals surface area contributed by atoms with E-state index in [0.29, 0.717) is 33.4 Å². The van der Waals surface area contributed by atoms with Crippen molar-refractivity contribution in [2.45, 2.75) is 31.0 Å². The molecule has 140 valence electrons. The number of aliphatic carboxylic acids is 1. The molecule has 2 aromatic carbocycles. The number of carbonyl (C=O) groups is 1. The van der Waals surface area contributed by atoms with Crippen LogP contribution >= 0.6 is 23.4 Å². The van der Waals surface area contributed by atoms with Gasteiger partial charge in [-0.15, -0.1) is 0 Å². The molecular formula is C20H19ClN2O3S. The Bertz CT molecular complexity index is 1010. The van der Waals surface area contributed by atoms with E-state index < -0.39 is 5.97 Å². The SMILES string of the molecule is O=C(O)CCSc1nc2ccc(Cl)cc2c(=O)n1CCCc1ccccc1. The van der Waals surface area contributed by atoms with Crippen LogP contribution in [-0.2, 0) is 17.8 Å². The van der Waals surface area contributed by atoms with Crippen LogP contribution in [0.5, 0.6) is 0 Å². The zero-order valence-electron chi connectivity index (χ0n) is 14.6. The Hall–Kier alpha value is -2.31. The lowest BCUT2D eigenvalue weighted by Gasteiger charge is -2.13. The zero-order chi connectivity index (χ0) is 19.2. The van der Waals surface area contributed by atoms with Crippen LogP contribution in [0.25, 0.3) is 10.9 Å². The number of hydrogen-bond acceptors (Lipinski definition) is 4. The first-order valence-electron chi connectivity index (χ1n) is 8.63. The number of thioether (sulfide) groups is 1. The van der Waals surface area contributed by atoms with Gasteiger partial charge >= 0.3 is 5.97 Å². The fourth-order valence-electron chi connectivity index (χ4n) is 2.80. The number of rotatable bonds is 8. The molecule has 0 amide bonds. The van der Waals surface area contributed by atoms with Crippen LogP contribution in [0.3, 0.4) is 0 Å². The quantitative estimate of drug-likeness (QED) is 0.450. The molecule has 1 aromatic heterocycles. The van der Waals surface area contributed by atoms with Crippen LogP contribution in [0, 0.1) is 0 Å². The molecule has 5 nitrogen and oxygen atoms in total. The molecular weight excluding hydrogens is 384 g/mol. The lowest BCUT2D eigenvalue weighted by molar-refractivity contribution is -0.136. The Kier molecular flexibility index (Phi) is 6.53. The molecule has 0 saturated heterocycles. The molecule has 0 saturated carbocycles. The van der Waals surface area contributed by atoms with Gasteiger partial charge in [0.05, 0.1) is 17.3 Å². The maximum atomic E-state index is 13.0. The molecule has 0 bridgehead atoms. The number of benzene rings is 2. The number of fused-ring (bicyclic) bond motifs is 1. The lowest BCUT2D eigenvalue weighted by Crippen LogP contribution is -2.24. The van der Waals surface area contributed by atoms with E-state index in [9.17, 15) is 9.59 Å². The van der Waals surface area contributed by atoms with Gasteiger partial charge in [-0.2, -0.15) is 0 Å². The molecule has 0 aliphatic carbocycles. The van der Waals surface area contributed by atoms with Gasteiger partial charge in [-0.1, -0.05) is 53.7 Å². The molecule has 0 fully saturated rings. The van der Waals surface area contributed by atoms with Crippen LogP contribution in [0.4, 0.5) is 0 Å². The van der Waals surface area contributed by atoms with Gasteiger partial charge in [0.15, 0.2) is 5.16 Å². The summed E-state index contributed by atoms with van der Waals surface area (Å²) in [4.78, 5) is 28.4. The van der Waals surface area contributed by atoms with Crippen molar-refractivity contribution in [3.05, 3.63) is 69.5 Å². The van der Waals surface area contributed by atoms with Crippen molar-refractivity contribution in [1.29, 1.82) is 0 Å². The molecule has 3 rings (SSSR count). The van der Waals surface area contributed by atoms with Crippen molar-refractivity contribution in [3.63, 3.8) is 0 Å². The van der Waals surface area contributed by atoms with Gasteiger partial charge in [-0.25, -0.2) is 4.98 Å². The second kappa shape index (κ2) is 9.06. The van der Waals surface area contributed by atoms with Gasteiger partial charge in [0, 0.05) is 17.3 Å². The Morgan fingerprint density at radius 2 is 1.96 bits per heavy atom. The molecule has 0 spiro atoms. The largest absolute Gasteiger partial charge is 0.481 e. The highest BCUT2D eigenvalue weighted by molar-refractivity contribution is 7.99. The first-order valence-corrected chi connectivity index (χ1v) is 9.99. The van der Waals surface area contributed by atoms with E-state index in [0.717, 1.165) is 12.8 Å². The van der Waals surface area contributed by atoms with Crippen molar-refractivity contribution in [2.24, 2.45) is 0 Å². The third-order valence-corrected chi connectivity index (χ3v) is 5.33. The van der Waals surface area contributed by atoms with E-state index in [4.69, 9.17) is 16.7 Å². The number of halogens is 1. The van der Waals surface area contributed by atoms with Gasteiger partial charge in [-0.05, 0) is 36.6 Å². The summed E-state index contributed by atoms with van der Waals surface area (Å²) >= 11 is 7.33. The molecule has 0 aliphatic rings. The van der Waals surface area contributed by atoms with E-state index in [1.54, 1.807) is 22.8 Å². The van der Waals surface area contributed by atoms with E-state index in [1.165, 1.54) is 17.3 Å². The smallest absolute Gasteiger partial charge is 0.304 e. The van der Waals surface area contributed by atoms with E-state index in [1.807, 2.05) is 18.2 Å². The van der Waals surface area contributed by atoms with Crippen LogP contribution in [0.1, 0.15) is 18.4 Å². The number of aromatic nitrogens is 2. The molecule has 0 radical (unpaired) electrons. The second-order valence-corrected chi connectivity index (χ2v) is 7.59. The van der Waals surface area contributed by atoms with Crippen molar-refractivity contribution in [3.8, 4) is 0 Å². The maximum Gasteiger partial charge on any atom is 0.304 e. The zero-order valence-corrected chi connectivity index (χ0v) is 16.2. The summed E-state index contributed by atoms with van der Waals surface area (Å²) in [5, 5.41) is 10.4. The number of nitrogens with zero attached hydrogens (tertiary/aromatic N) is 2. The minimum atomic E-state index is -0.868. The van der Waals surface area contributed by atoms with Gasteiger partial charge in [0.2, 0.25) is 0 Å². The van der Waals surface area contributed by atoms with E-state index in [2.05, 4.69) is 17.1 Å². The molecule has 0 unspecified atom stereocenters. The monoisotopic (exact) mass is 402 g/mol. The molecule has 0 atom stereocenters. The lowest BCUT2D eigenvalue weighted by atomic mass is 10.1. The van der Waals surface area contributed by atoms with Crippen LogP contribution in [0.15, 0.2) is 58.5 Å². The first kappa shape index (κ1) is 19.5. The number of carboxylic acid groups (broad SMARTS) is 1. The summed E-state index contributed by atoms with van der Waals surface area (Å²) < 4.78 is 1.63. The van der Waals surface area contributed by atoms with Gasteiger partial charge in [0.25, 0.3) is 5.56 Å². The van der Waals surface area contributed by atoms with E-state index in [-0.39, 0.29) is 12.0 Å². The molecule has 1 N–H and O–H groups in total. The van der Waals surface area contributed by atoms with Crippen molar-refractivity contribution < 1.29 is 9.90 Å². The fourth-order valence-corrected chi connectivity index (χ4v) is 3.92. The summed E-state index contributed by atoms with van der Waals surface area (Å²) in [7, 11) is 0. The topological polar surface area (TPSA) is 72.2 Å². The highest BCUT2D eigenvalue weighted by Gasteiger charge is 2.13. The van der Waals surface area contributed by atoms with Crippen LogP contribution in [0.2, 0.25) is 5.02 Å². The summed E-state index contributed by atoms with van der Waals surface area (Å²) in [5.41, 5.74) is 1.64. The third kappa shape index (κ3) is 5.11. The summed E-state index contributed by atoms with van der Waals surface area (Å²) in [6.45, 7) is 0.512. The molecule has 27 heavy (non-hydrogen) atoms. The highest BCUT2D eigenvalue weighted by atomic mass is 35.5. The third-order valence-electron chi connectivity index (χ3n) is 4.12. The Morgan fingerprint density at radius 1 is 1.19 bits per heavy atom. The summed E-state index contributed by atoms with van der Waals surface area (Å²) in [5.74, 6) is -0.507. The number of aryl methyl sites for hydroxylation is 1. The second-order valence-electron chi connectivity index (χ2n) is 6.09. The average molecular weight is 403 g/mol. The standard InChI is InChI=1S/C20H19ClN2O3S/c21-15-8-9-17-16(13-15)19(26)23(20(22-17)27-12-10-18(24)25)11-4-7-14-5-2-1-3-6-14/h1-3,5-6,8-9,13H,4,7,10-12H2,(H,24,25). The fraction of sp³-hybridized carbons (Fsp3) is 0.250. The van der Waals surface area contributed by atoms with Gasteiger partial charge in [0.1, 0.15) is 0 Å². The van der Waals surface area contributed by atoms with Gasteiger partial charge in [-0.3, -0.25) is 14.2 Å². The van der Waals surface area contributed by atoms with Crippen LogP contribution in [-0.4, -0.2) is 26.4 Å². The normalized spacial score (nSPS) is 11.0. The minimum absolute atomic E-state index is 0.0171. The predicted octanol–water partition coefficient (Wildman–Crippen LogP) is 4.25. The molecule has 1 heterocycles. The Labute approximate surface area is 166 Å². The molecule has 7 heteroatoms. The van der Waals surface area contributed by atoms with Crippen molar-refractivity contribution in [1.82, 2.24) is 9.55 Å². The average Bonchev–Trinajstić information content (AvgIpc) is 2.65. The predicted molar refractivity (Wildman–Crippen MR) is 109 cm³/mol. The Morgan fingerprint density at radius 3 is 2.70 bits per heavy atom. The first-order chi connectivity index (χ1) is 13.0. The summed E-state index contributed by atoms with van der Waals surface area (Å²) in [6, 6.07) is 15.1. The van der Waals surface area contributed by atoms with Gasteiger partial charge < -0.3 is 5.11 Å². The van der Waals surface area contributed by atoms with E-state index >= 15 is 0 Å². The van der Waals surface area contributed by atoms with Crippen molar-refractivity contribution >= 4 is 40.2 Å². The maximum absolute atomic E-state index is 13.0.